The fourth-order valence-corrected chi connectivity index (χ4v) is 1.51. The maximum absolute atomic E-state index is 10.7. The Morgan fingerprint density at radius 1 is 1.09 bits per heavy atom. The number of carbonyl (C=O) groups excluding carboxylic acids is 3. The molecule has 0 amide bonds. The van der Waals surface area contributed by atoms with E-state index in [1.165, 1.54) is 34.7 Å². The van der Waals surface area contributed by atoms with Crippen LogP contribution in [0.4, 0.5) is 0 Å². The average molecular weight is 316 g/mol. The third-order valence-corrected chi connectivity index (χ3v) is 2.41. The zero-order valence-corrected chi connectivity index (χ0v) is 13.9. The van der Waals surface area contributed by atoms with E-state index >= 15 is 0 Å². The number of ether oxygens (including phenoxy) is 4. The molecule has 0 bridgehead atoms. The molecule has 1 fully saturated rings. The lowest BCUT2D eigenvalue weighted by atomic mass is 10.1. The predicted octanol–water partition coefficient (Wildman–Crippen LogP) is 1.04. The first-order valence-electron chi connectivity index (χ1n) is 6.89. The van der Waals surface area contributed by atoms with Crippen LogP contribution in [0.15, 0.2) is 0 Å². The van der Waals surface area contributed by atoms with Gasteiger partial charge < -0.3 is 18.9 Å². The third-order valence-electron chi connectivity index (χ3n) is 2.41. The second-order valence-electron chi connectivity index (χ2n) is 4.25. The summed E-state index contributed by atoms with van der Waals surface area (Å²) in [6, 6.07) is 0. The molecule has 0 spiro atoms. The predicted molar refractivity (Wildman–Crippen MR) is 80.5 cm³/mol. The highest BCUT2D eigenvalue weighted by molar-refractivity contribution is 6.05. The number of hydrogen-bond acceptors (Lipinski definition) is 7. The molecule has 1 rings (SSSR count). The van der Waals surface area contributed by atoms with Crippen molar-refractivity contribution in [3.63, 3.8) is 0 Å². The molecule has 7 nitrogen and oxygen atoms in total. The Kier molecular flexibility index (Phi) is 14.8. The van der Waals surface area contributed by atoms with Crippen LogP contribution in [0.3, 0.4) is 0 Å². The van der Waals surface area contributed by atoms with Gasteiger partial charge in [-0.3, -0.25) is 14.4 Å². The minimum atomic E-state index is -0.326. The van der Waals surface area contributed by atoms with Gasteiger partial charge in [0.05, 0.1) is 27.7 Å². The molecule has 0 N–H and O–H groups in total. The van der Waals surface area contributed by atoms with Crippen LogP contribution < -0.4 is 0 Å². The molecule has 0 aromatic carbocycles. The molecule has 0 aliphatic carbocycles. The number of esters is 3. The first kappa shape index (κ1) is 22.7. The van der Waals surface area contributed by atoms with Gasteiger partial charge in [-0.05, 0) is 0 Å². The highest BCUT2D eigenvalue weighted by Crippen LogP contribution is 2.17. The molecule has 8 heteroatoms. The lowest BCUT2D eigenvalue weighted by Crippen LogP contribution is -2.35. The Morgan fingerprint density at radius 3 is 2.05 bits per heavy atom. The topological polar surface area (TPSA) is 88.1 Å². The normalized spacial score (nSPS) is 19.3. The highest BCUT2D eigenvalue weighted by Gasteiger charge is 2.25. The van der Waals surface area contributed by atoms with Crippen LogP contribution in [0.2, 0.25) is 6.82 Å². The van der Waals surface area contributed by atoms with Gasteiger partial charge in [0.25, 0.3) is 0 Å². The molecular weight excluding hydrogens is 291 g/mol. The van der Waals surface area contributed by atoms with E-state index in [2.05, 4.69) is 12.6 Å². The van der Waals surface area contributed by atoms with Crippen molar-refractivity contribution in [2.45, 2.75) is 52.6 Å². The lowest BCUT2D eigenvalue weighted by Gasteiger charge is -2.28. The molecule has 2 atom stereocenters. The summed E-state index contributed by atoms with van der Waals surface area (Å²) in [7, 11) is 5.85. The molecule has 2 radical (unpaired) electrons. The number of rotatable bonds is 3. The first-order chi connectivity index (χ1) is 10.3. The van der Waals surface area contributed by atoms with E-state index in [0.29, 0.717) is 19.4 Å². The molecule has 126 valence electrons. The molecule has 22 heavy (non-hydrogen) atoms. The zero-order valence-electron chi connectivity index (χ0n) is 13.9. The first-order valence-corrected chi connectivity index (χ1v) is 6.89. The second-order valence-corrected chi connectivity index (χ2v) is 4.25. The van der Waals surface area contributed by atoms with Crippen molar-refractivity contribution >= 4 is 25.8 Å². The summed E-state index contributed by atoms with van der Waals surface area (Å²) in [5.41, 5.74) is 0. The number of methoxy groups -OCH3 is 1. The summed E-state index contributed by atoms with van der Waals surface area (Å²) in [5.74, 6) is -0.855. The maximum Gasteiger partial charge on any atom is 0.302 e. The quantitative estimate of drug-likeness (QED) is 0.437. The summed E-state index contributed by atoms with van der Waals surface area (Å²) >= 11 is 0. The van der Waals surface area contributed by atoms with E-state index in [1.807, 2.05) is 0 Å². The summed E-state index contributed by atoms with van der Waals surface area (Å²) in [4.78, 5) is 30.9. The Morgan fingerprint density at radius 2 is 1.64 bits per heavy atom. The van der Waals surface area contributed by atoms with Crippen LogP contribution in [-0.4, -0.2) is 58.3 Å². The van der Waals surface area contributed by atoms with Crippen molar-refractivity contribution in [1.29, 1.82) is 0 Å². The van der Waals surface area contributed by atoms with Crippen LogP contribution in [0.25, 0.3) is 0 Å². The number of hydrogen-bond donors (Lipinski definition) is 0. The standard InChI is InChI=1S/C10H16O5.C3H6O2.CH3B/c1-7(11)14-6-10-5-9(3-4-13-10)15-8(2)12;1-3(4)5-2;1-2/h9-10H,3-6H2,1-2H3;1-2H3;1H3. The SMILES string of the molecule is CC(=O)OCC1CC(OC(C)=O)CCO1.COC(C)=O.[B]C. The fraction of sp³-hybridized carbons (Fsp3) is 0.786. The van der Waals surface area contributed by atoms with Crippen LogP contribution in [-0.2, 0) is 33.3 Å². The molecule has 1 saturated heterocycles. The summed E-state index contributed by atoms with van der Waals surface area (Å²) < 4.78 is 19.4. The lowest BCUT2D eigenvalue weighted by molar-refractivity contribution is -0.160. The van der Waals surface area contributed by atoms with Crippen molar-refractivity contribution in [3.8, 4) is 0 Å². The molecule has 2 unspecified atom stereocenters. The van der Waals surface area contributed by atoms with Gasteiger partial charge in [-0.25, -0.2) is 0 Å². The summed E-state index contributed by atoms with van der Waals surface area (Å²) in [6.45, 7) is 6.36. The monoisotopic (exact) mass is 316 g/mol. The van der Waals surface area contributed by atoms with E-state index in [9.17, 15) is 14.4 Å². The van der Waals surface area contributed by atoms with Crippen molar-refractivity contribution in [2.24, 2.45) is 0 Å². The van der Waals surface area contributed by atoms with E-state index in [-0.39, 0.29) is 36.7 Å². The molecular formula is C14H25BO7. The van der Waals surface area contributed by atoms with Gasteiger partial charge >= 0.3 is 17.9 Å². The van der Waals surface area contributed by atoms with Crippen molar-refractivity contribution < 1.29 is 33.3 Å². The smallest absolute Gasteiger partial charge is 0.302 e. The van der Waals surface area contributed by atoms with Crippen molar-refractivity contribution in [1.82, 2.24) is 0 Å². The van der Waals surface area contributed by atoms with Crippen LogP contribution >= 0.6 is 0 Å². The van der Waals surface area contributed by atoms with Crippen LogP contribution in [0.5, 0.6) is 0 Å². The van der Waals surface area contributed by atoms with E-state index < -0.39 is 0 Å². The zero-order chi connectivity index (χ0) is 17.5. The average Bonchev–Trinajstić information content (AvgIpc) is 2.47. The van der Waals surface area contributed by atoms with E-state index in [4.69, 9.17) is 14.2 Å². The Labute approximate surface area is 133 Å². The van der Waals surface area contributed by atoms with Gasteiger partial charge in [0.1, 0.15) is 12.7 Å². The second kappa shape index (κ2) is 14.4. The minimum Gasteiger partial charge on any atom is -0.469 e. The molecule has 0 aromatic heterocycles. The van der Waals surface area contributed by atoms with Crippen LogP contribution in [0.1, 0.15) is 33.6 Å². The Hall–Kier alpha value is -1.57. The Balaban J connectivity index is 0. The molecule has 1 aliphatic heterocycles. The largest absolute Gasteiger partial charge is 0.469 e. The Bertz CT molecular complexity index is 333. The van der Waals surface area contributed by atoms with Gasteiger partial charge in [0.2, 0.25) is 0 Å². The molecule has 0 saturated carbocycles. The van der Waals surface area contributed by atoms with Gasteiger partial charge in [-0.2, -0.15) is 0 Å². The fourth-order valence-electron chi connectivity index (χ4n) is 1.51. The van der Waals surface area contributed by atoms with Crippen molar-refractivity contribution in [3.05, 3.63) is 0 Å². The van der Waals surface area contributed by atoms with Gasteiger partial charge in [0.15, 0.2) is 0 Å². The van der Waals surface area contributed by atoms with Gasteiger partial charge in [-0.1, -0.05) is 6.82 Å². The van der Waals surface area contributed by atoms with Crippen LogP contribution in [0, 0.1) is 0 Å². The molecule has 1 aliphatic rings. The summed E-state index contributed by atoms with van der Waals surface area (Å²) in [5, 5.41) is 0. The van der Waals surface area contributed by atoms with E-state index in [0.717, 1.165) is 0 Å². The van der Waals surface area contributed by atoms with E-state index in [1.54, 1.807) is 0 Å². The number of carbonyl (C=O) groups is 3. The van der Waals surface area contributed by atoms with Crippen molar-refractivity contribution in [2.75, 3.05) is 20.3 Å². The third kappa shape index (κ3) is 14.8. The maximum atomic E-state index is 10.7. The minimum absolute atomic E-state index is 0.114. The van der Waals surface area contributed by atoms with Gasteiger partial charge in [-0.15, -0.1) is 0 Å². The highest BCUT2D eigenvalue weighted by atomic mass is 16.6. The van der Waals surface area contributed by atoms with Gasteiger partial charge in [0, 0.05) is 33.6 Å². The molecule has 1 heterocycles. The summed E-state index contributed by atoms with van der Waals surface area (Å²) in [6.07, 6.45) is 1.02. The molecule has 0 aromatic rings.